The number of hydrogen-bond donors (Lipinski definition) is 1. The molecule has 1 saturated carbocycles. The summed E-state index contributed by atoms with van der Waals surface area (Å²) in [5.74, 6) is -2.44. The van der Waals surface area contributed by atoms with E-state index in [9.17, 15) is 32.7 Å². The lowest BCUT2D eigenvalue weighted by atomic mass is 9.83. The number of carboxylic acids is 1. The minimum Gasteiger partial charge on any atom is -0.481 e. The Morgan fingerprint density at radius 1 is 1.19 bits per heavy atom. The Morgan fingerprint density at radius 3 is 2.53 bits per heavy atom. The predicted octanol–water partition coefficient (Wildman–Crippen LogP) is 5.39. The van der Waals surface area contributed by atoms with Crippen LogP contribution in [0.1, 0.15) is 71.4 Å². The van der Waals surface area contributed by atoms with Gasteiger partial charge in [0, 0.05) is 11.5 Å². The summed E-state index contributed by atoms with van der Waals surface area (Å²) < 4.78 is 43.1. The van der Waals surface area contributed by atoms with Crippen LogP contribution >= 0.6 is 11.6 Å². The number of halogens is 4. The molecule has 5 rings (SSSR count). The molecule has 6 nitrogen and oxygen atoms in total. The van der Waals surface area contributed by atoms with Crippen LogP contribution in [0.3, 0.4) is 0 Å². The van der Waals surface area contributed by atoms with Crippen molar-refractivity contribution < 1.29 is 32.7 Å². The van der Waals surface area contributed by atoms with Crippen molar-refractivity contribution >= 4 is 35.3 Å². The van der Waals surface area contributed by atoms with E-state index in [-0.39, 0.29) is 41.3 Å². The first-order valence-electron chi connectivity index (χ1n) is 12.0. The van der Waals surface area contributed by atoms with E-state index in [1.807, 2.05) is 6.08 Å². The molecule has 10 heteroatoms. The summed E-state index contributed by atoms with van der Waals surface area (Å²) in [5.41, 5.74) is 0.173. The SMILES string of the molecule is O=CC1CCc2c(C3=CCC(C(=O)O)CC3)nn(C(=O)c3c(Cl)cccc3C3(C(F)(F)F)CC3)c2C1. The fraction of sp³-hybridized carbons (Fsp3) is 0.462. The number of rotatable bonds is 5. The van der Waals surface area contributed by atoms with Crippen LogP contribution in [-0.4, -0.2) is 39.2 Å². The second kappa shape index (κ2) is 8.87. The molecule has 1 aromatic heterocycles. The van der Waals surface area contributed by atoms with E-state index < -0.39 is 29.4 Å². The van der Waals surface area contributed by atoms with Gasteiger partial charge in [-0.05, 0) is 68.6 Å². The highest BCUT2D eigenvalue weighted by molar-refractivity contribution is 6.34. The van der Waals surface area contributed by atoms with E-state index in [2.05, 4.69) is 5.10 Å². The van der Waals surface area contributed by atoms with E-state index in [4.69, 9.17) is 11.6 Å². The van der Waals surface area contributed by atoms with Crippen molar-refractivity contribution in [1.29, 1.82) is 0 Å². The summed E-state index contributed by atoms with van der Waals surface area (Å²) in [4.78, 5) is 36.8. The van der Waals surface area contributed by atoms with Crippen LogP contribution in [-0.2, 0) is 27.8 Å². The number of nitrogens with zero attached hydrogens (tertiary/aromatic N) is 2. The average Bonchev–Trinajstić information content (AvgIpc) is 3.59. The third-order valence-electron chi connectivity index (χ3n) is 7.80. The Kier molecular flexibility index (Phi) is 6.09. The van der Waals surface area contributed by atoms with Crippen LogP contribution in [0.15, 0.2) is 24.3 Å². The van der Waals surface area contributed by atoms with E-state index in [1.54, 1.807) is 0 Å². The van der Waals surface area contributed by atoms with Gasteiger partial charge in [0.2, 0.25) is 0 Å². The minimum absolute atomic E-state index is 0.0808. The topological polar surface area (TPSA) is 89.3 Å². The maximum atomic E-state index is 14.0. The second-order valence-electron chi connectivity index (χ2n) is 9.91. The normalized spacial score (nSPS) is 22.9. The molecule has 0 amide bonds. The molecule has 3 aliphatic carbocycles. The predicted molar refractivity (Wildman–Crippen MR) is 125 cm³/mol. The van der Waals surface area contributed by atoms with E-state index in [1.165, 1.54) is 18.2 Å². The molecule has 1 aromatic carbocycles. The standard InChI is InChI=1S/C26H24ClF3N2O4/c27-19-3-1-2-18(25(10-11-25)26(28,29)30)21(19)23(34)32-20-12-14(13-33)4-9-17(20)22(31-32)15-5-7-16(8-6-15)24(35)36/h1-3,5,13-14,16H,4,6-12H2,(H,35,36). The van der Waals surface area contributed by atoms with Crippen LogP contribution in [0.4, 0.5) is 13.2 Å². The maximum absolute atomic E-state index is 14.0. The summed E-state index contributed by atoms with van der Waals surface area (Å²) in [6, 6.07) is 4.12. The summed E-state index contributed by atoms with van der Waals surface area (Å²) in [6.45, 7) is 0. The summed E-state index contributed by atoms with van der Waals surface area (Å²) in [5, 5.41) is 13.8. The Bertz CT molecular complexity index is 1290. The number of alkyl halides is 3. The van der Waals surface area contributed by atoms with Crippen molar-refractivity contribution in [2.24, 2.45) is 11.8 Å². The molecule has 0 saturated heterocycles. The molecular formula is C26H24ClF3N2O4. The smallest absolute Gasteiger partial charge is 0.398 e. The van der Waals surface area contributed by atoms with Gasteiger partial charge in [0.05, 0.1) is 33.3 Å². The Morgan fingerprint density at radius 2 is 1.94 bits per heavy atom. The monoisotopic (exact) mass is 520 g/mol. The molecule has 3 aliphatic rings. The molecule has 36 heavy (non-hydrogen) atoms. The van der Waals surface area contributed by atoms with Crippen LogP contribution in [0.2, 0.25) is 5.02 Å². The van der Waals surface area contributed by atoms with E-state index >= 15 is 0 Å². The highest BCUT2D eigenvalue weighted by Crippen LogP contribution is 2.60. The van der Waals surface area contributed by atoms with Gasteiger partial charge in [-0.1, -0.05) is 29.8 Å². The molecule has 0 bridgehead atoms. The van der Waals surface area contributed by atoms with Gasteiger partial charge in [-0.3, -0.25) is 9.59 Å². The molecule has 1 heterocycles. The molecule has 190 valence electrons. The zero-order valence-electron chi connectivity index (χ0n) is 19.3. The van der Waals surface area contributed by atoms with E-state index in [0.717, 1.165) is 22.1 Å². The molecule has 2 aromatic rings. The number of aldehydes is 1. The number of aliphatic carboxylic acids is 1. The first-order valence-corrected chi connectivity index (χ1v) is 12.3. The van der Waals surface area contributed by atoms with Crippen molar-refractivity contribution in [3.8, 4) is 0 Å². The lowest BCUT2D eigenvalue weighted by molar-refractivity contribution is -0.160. The molecular weight excluding hydrogens is 497 g/mol. The molecule has 0 spiro atoms. The van der Waals surface area contributed by atoms with Gasteiger partial charge in [0.1, 0.15) is 6.29 Å². The third kappa shape index (κ3) is 3.97. The van der Waals surface area contributed by atoms with Gasteiger partial charge < -0.3 is 9.90 Å². The van der Waals surface area contributed by atoms with Gasteiger partial charge in [-0.15, -0.1) is 0 Å². The first-order chi connectivity index (χ1) is 17.1. The van der Waals surface area contributed by atoms with Gasteiger partial charge in [-0.2, -0.15) is 23.0 Å². The van der Waals surface area contributed by atoms with E-state index in [0.29, 0.717) is 43.5 Å². The highest BCUT2D eigenvalue weighted by Gasteiger charge is 2.65. The summed E-state index contributed by atoms with van der Waals surface area (Å²) >= 11 is 6.35. The number of benzene rings is 1. The number of carboxylic acid groups (broad SMARTS) is 1. The molecule has 1 N–H and O–H groups in total. The van der Waals surface area contributed by atoms with Gasteiger partial charge in [0.15, 0.2) is 0 Å². The van der Waals surface area contributed by atoms with Gasteiger partial charge in [0.25, 0.3) is 5.91 Å². The second-order valence-corrected chi connectivity index (χ2v) is 10.3. The van der Waals surface area contributed by atoms with Crippen molar-refractivity contribution in [2.75, 3.05) is 0 Å². The molecule has 2 atom stereocenters. The number of aromatic nitrogens is 2. The molecule has 2 unspecified atom stereocenters. The Balaban J connectivity index is 1.62. The van der Waals surface area contributed by atoms with Crippen molar-refractivity contribution in [3.05, 3.63) is 57.4 Å². The number of fused-ring (bicyclic) bond motifs is 1. The fourth-order valence-electron chi connectivity index (χ4n) is 5.53. The summed E-state index contributed by atoms with van der Waals surface area (Å²) in [6.07, 6.45) is 0.392. The van der Waals surface area contributed by atoms with Crippen molar-refractivity contribution in [1.82, 2.24) is 9.78 Å². The van der Waals surface area contributed by atoms with Crippen LogP contribution in [0, 0.1) is 11.8 Å². The molecule has 0 aliphatic heterocycles. The van der Waals surface area contributed by atoms with Gasteiger partial charge >= 0.3 is 12.1 Å². The number of carbonyl (C=O) groups is 3. The highest BCUT2D eigenvalue weighted by atomic mass is 35.5. The fourth-order valence-corrected chi connectivity index (χ4v) is 5.79. The Labute approximate surface area is 210 Å². The zero-order chi connectivity index (χ0) is 25.8. The Hall–Kier alpha value is -2.94. The average molecular weight is 521 g/mol. The van der Waals surface area contributed by atoms with Gasteiger partial charge in [-0.25, -0.2) is 0 Å². The maximum Gasteiger partial charge on any atom is 0.398 e. The summed E-state index contributed by atoms with van der Waals surface area (Å²) in [7, 11) is 0. The zero-order valence-corrected chi connectivity index (χ0v) is 20.0. The third-order valence-corrected chi connectivity index (χ3v) is 8.11. The van der Waals surface area contributed by atoms with Crippen LogP contribution in [0.5, 0.6) is 0 Å². The number of allylic oxidation sites excluding steroid dienone is 2. The lowest BCUT2D eigenvalue weighted by Crippen LogP contribution is -2.32. The van der Waals surface area contributed by atoms with Crippen LogP contribution < -0.4 is 0 Å². The lowest BCUT2D eigenvalue weighted by Gasteiger charge is -2.23. The number of hydrogen-bond acceptors (Lipinski definition) is 4. The quantitative estimate of drug-likeness (QED) is 0.534. The minimum atomic E-state index is -4.53. The first kappa shape index (κ1) is 24.7. The molecule has 1 fully saturated rings. The van der Waals surface area contributed by atoms with Crippen LogP contribution in [0.25, 0.3) is 5.57 Å². The number of carbonyl (C=O) groups excluding carboxylic acids is 2. The van der Waals surface area contributed by atoms with Crippen molar-refractivity contribution in [2.45, 2.75) is 63.0 Å². The van der Waals surface area contributed by atoms with Crippen molar-refractivity contribution in [3.63, 3.8) is 0 Å². The largest absolute Gasteiger partial charge is 0.481 e. The molecule has 0 radical (unpaired) electrons.